The molecule has 2 rings (SSSR count). The molecule has 0 saturated carbocycles. The first kappa shape index (κ1) is 18.7. The highest BCUT2D eigenvalue weighted by Gasteiger charge is 2.04. The van der Waals surface area contributed by atoms with Crippen molar-refractivity contribution >= 4 is 5.96 Å². The van der Waals surface area contributed by atoms with Gasteiger partial charge in [0.1, 0.15) is 17.4 Å². The van der Waals surface area contributed by atoms with Crippen LogP contribution in [0.15, 0.2) is 47.5 Å². The molecule has 2 aromatic rings. The average Bonchev–Trinajstić information content (AvgIpc) is 2.59. The number of para-hydroxylation sites is 1. The van der Waals surface area contributed by atoms with Crippen molar-refractivity contribution in [1.29, 1.82) is 0 Å². The quantitative estimate of drug-likeness (QED) is 0.597. The minimum Gasteiger partial charge on any atom is -0.496 e. The number of nitrogens with zero attached hydrogens (tertiary/aromatic N) is 1. The van der Waals surface area contributed by atoms with Crippen molar-refractivity contribution in [3.05, 3.63) is 65.2 Å². The molecule has 0 aromatic heterocycles. The third-order valence-corrected chi connectivity index (χ3v) is 3.57. The summed E-state index contributed by atoms with van der Waals surface area (Å²) in [4.78, 5) is 4.52. The molecule has 0 unspecified atom stereocenters. The molecule has 6 heteroatoms. The van der Waals surface area contributed by atoms with Crippen LogP contribution in [-0.4, -0.2) is 26.2 Å². The number of halogens is 2. The molecule has 0 bridgehead atoms. The highest BCUT2D eigenvalue weighted by molar-refractivity contribution is 5.79. The van der Waals surface area contributed by atoms with E-state index in [0.29, 0.717) is 37.6 Å². The Kier molecular flexibility index (Phi) is 7.19. The summed E-state index contributed by atoms with van der Waals surface area (Å²) < 4.78 is 31.7. The molecular formula is C19H23F2N3O. The van der Waals surface area contributed by atoms with Gasteiger partial charge in [-0.3, -0.25) is 0 Å². The number of benzene rings is 2. The SMILES string of the molecule is CCNC(=NCc1ccccc1OC)NCCc1cc(F)cc(F)c1. The van der Waals surface area contributed by atoms with Crippen molar-refractivity contribution in [1.82, 2.24) is 10.6 Å². The van der Waals surface area contributed by atoms with Gasteiger partial charge in [-0.1, -0.05) is 18.2 Å². The average molecular weight is 347 g/mol. The fourth-order valence-corrected chi connectivity index (χ4v) is 2.42. The van der Waals surface area contributed by atoms with Gasteiger partial charge in [0.25, 0.3) is 0 Å². The van der Waals surface area contributed by atoms with E-state index in [4.69, 9.17) is 4.74 Å². The number of ether oxygens (including phenoxy) is 1. The molecule has 0 amide bonds. The molecule has 0 fully saturated rings. The van der Waals surface area contributed by atoms with E-state index in [1.54, 1.807) is 7.11 Å². The maximum absolute atomic E-state index is 13.2. The largest absolute Gasteiger partial charge is 0.496 e. The van der Waals surface area contributed by atoms with E-state index >= 15 is 0 Å². The van der Waals surface area contributed by atoms with E-state index in [-0.39, 0.29) is 0 Å². The predicted molar refractivity (Wildman–Crippen MR) is 95.9 cm³/mol. The zero-order valence-corrected chi connectivity index (χ0v) is 14.5. The van der Waals surface area contributed by atoms with Crippen molar-refractivity contribution in [3.63, 3.8) is 0 Å². The standard InChI is InChI=1S/C19H23F2N3O/c1-3-22-19(24-13-15-6-4-5-7-18(15)25-2)23-9-8-14-10-16(20)12-17(21)11-14/h4-7,10-12H,3,8-9,13H2,1-2H3,(H2,22,23,24). The molecule has 0 aliphatic heterocycles. The zero-order valence-electron chi connectivity index (χ0n) is 14.5. The van der Waals surface area contributed by atoms with Gasteiger partial charge in [0.15, 0.2) is 5.96 Å². The monoisotopic (exact) mass is 347 g/mol. The Morgan fingerprint density at radius 1 is 1.08 bits per heavy atom. The van der Waals surface area contributed by atoms with Crippen LogP contribution >= 0.6 is 0 Å². The predicted octanol–water partition coefficient (Wildman–Crippen LogP) is 3.27. The van der Waals surface area contributed by atoms with Crippen LogP contribution in [0.4, 0.5) is 8.78 Å². The van der Waals surface area contributed by atoms with Crippen LogP contribution in [0.1, 0.15) is 18.1 Å². The van der Waals surface area contributed by atoms with E-state index < -0.39 is 11.6 Å². The molecule has 0 radical (unpaired) electrons. The van der Waals surface area contributed by atoms with Gasteiger partial charge in [-0.25, -0.2) is 13.8 Å². The van der Waals surface area contributed by atoms with Gasteiger partial charge in [0, 0.05) is 24.7 Å². The van der Waals surface area contributed by atoms with Crippen LogP contribution in [-0.2, 0) is 13.0 Å². The van der Waals surface area contributed by atoms with Crippen molar-refractivity contribution in [2.24, 2.45) is 4.99 Å². The number of methoxy groups -OCH3 is 1. The van der Waals surface area contributed by atoms with Crippen LogP contribution < -0.4 is 15.4 Å². The Morgan fingerprint density at radius 2 is 1.80 bits per heavy atom. The maximum atomic E-state index is 13.2. The van der Waals surface area contributed by atoms with E-state index in [0.717, 1.165) is 17.4 Å². The van der Waals surface area contributed by atoms with Crippen LogP contribution in [0.3, 0.4) is 0 Å². The maximum Gasteiger partial charge on any atom is 0.191 e. The molecule has 2 N–H and O–H groups in total. The van der Waals surface area contributed by atoms with Gasteiger partial charge >= 0.3 is 0 Å². The van der Waals surface area contributed by atoms with Gasteiger partial charge in [-0.2, -0.15) is 0 Å². The lowest BCUT2D eigenvalue weighted by atomic mass is 10.1. The molecule has 0 aliphatic carbocycles. The lowest BCUT2D eigenvalue weighted by molar-refractivity contribution is 0.410. The molecule has 25 heavy (non-hydrogen) atoms. The summed E-state index contributed by atoms with van der Waals surface area (Å²) in [5.74, 6) is 0.307. The second-order valence-electron chi connectivity index (χ2n) is 5.46. The number of rotatable bonds is 7. The topological polar surface area (TPSA) is 45.7 Å². The molecule has 2 aromatic carbocycles. The third-order valence-electron chi connectivity index (χ3n) is 3.57. The van der Waals surface area contributed by atoms with E-state index in [2.05, 4.69) is 15.6 Å². The fourth-order valence-electron chi connectivity index (χ4n) is 2.42. The molecular weight excluding hydrogens is 324 g/mol. The smallest absolute Gasteiger partial charge is 0.191 e. The number of aliphatic imine (C=N–C) groups is 1. The highest BCUT2D eigenvalue weighted by atomic mass is 19.1. The van der Waals surface area contributed by atoms with Gasteiger partial charge in [0.2, 0.25) is 0 Å². The van der Waals surface area contributed by atoms with E-state index in [1.165, 1.54) is 12.1 Å². The minimum atomic E-state index is -0.563. The van der Waals surface area contributed by atoms with E-state index in [1.807, 2.05) is 31.2 Å². The summed E-state index contributed by atoms with van der Waals surface area (Å²) in [6.45, 7) is 3.67. The first-order valence-electron chi connectivity index (χ1n) is 8.21. The minimum absolute atomic E-state index is 0.466. The molecule has 4 nitrogen and oxygen atoms in total. The summed E-state index contributed by atoms with van der Waals surface area (Å²) in [6.07, 6.45) is 0.494. The van der Waals surface area contributed by atoms with Crippen molar-refractivity contribution in [2.75, 3.05) is 20.2 Å². The van der Waals surface area contributed by atoms with Gasteiger partial charge in [-0.15, -0.1) is 0 Å². The van der Waals surface area contributed by atoms with Crippen LogP contribution in [0.25, 0.3) is 0 Å². The van der Waals surface area contributed by atoms with Gasteiger partial charge in [-0.05, 0) is 37.1 Å². The molecule has 0 heterocycles. The van der Waals surface area contributed by atoms with Crippen molar-refractivity contribution in [2.45, 2.75) is 19.9 Å². The van der Waals surface area contributed by atoms with Crippen molar-refractivity contribution < 1.29 is 13.5 Å². The Labute approximate surface area is 146 Å². The zero-order chi connectivity index (χ0) is 18.1. The molecule has 134 valence electrons. The normalized spacial score (nSPS) is 11.3. The lowest BCUT2D eigenvalue weighted by Crippen LogP contribution is -2.38. The number of guanidine groups is 1. The molecule has 0 aliphatic rings. The lowest BCUT2D eigenvalue weighted by Gasteiger charge is -2.12. The second-order valence-corrected chi connectivity index (χ2v) is 5.46. The summed E-state index contributed by atoms with van der Waals surface area (Å²) in [5, 5.41) is 6.32. The third kappa shape index (κ3) is 6.06. The van der Waals surface area contributed by atoms with Gasteiger partial charge in [0.05, 0.1) is 13.7 Å². The summed E-state index contributed by atoms with van der Waals surface area (Å²) in [5.41, 5.74) is 1.58. The highest BCUT2D eigenvalue weighted by Crippen LogP contribution is 2.17. The molecule has 0 saturated heterocycles. The fraction of sp³-hybridized carbons (Fsp3) is 0.316. The Morgan fingerprint density at radius 3 is 2.48 bits per heavy atom. The Bertz CT molecular complexity index is 699. The Hall–Kier alpha value is -2.63. The summed E-state index contributed by atoms with van der Waals surface area (Å²) in [7, 11) is 1.63. The molecule has 0 atom stereocenters. The summed E-state index contributed by atoms with van der Waals surface area (Å²) in [6, 6.07) is 11.2. The first-order valence-corrected chi connectivity index (χ1v) is 8.21. The summed E-state index contributed by atoms with van der Waals surface area (Å²) >= 11 is 0. The van der Waals surface area contributed by atoms with E-state index in [9.17, 15) is 8.78 Å². The first-order chi connectivity index (χ1) is 12.1. The van der Waals surface area contributed by atoms with Crippen LogP contribution in [0.5, 0.6) is 5.75 Å². The van der Waals surface area contributed by atoms with Crippen LogP contribution in [0.2, 0.25) is 0 Å². The van der Waals surface area contributed by atoms with Gasteiger partial charge < -0.3 is 15.4 Å². The number of hydrogen-bond donors (Lipinski definition) is 2. The van der Waals surface area contributed by atoms with Crippen LogP contribution in [0, 0.1) is 11.6 Å². The van der Waals surface area contributed by atoms with Crippen molar-refractivity contribution in [3.8, 4) is 5.75 Å². The molecule has 0 spiro atoms. The number of nitrogens with one attached hydrogen (secondary N) is 2. The number of hydrogen-bond acceptors (Lipinski definition) is 2. The Balaban J connectivity index is 1.95. The second kappa shape index (κ2) is 9.61.